The van der Waals surface area contributed by atoms with Gasteiger partial charge in [-0.1, -0.05) is 51.5 Å². The maximum atomic E-state index is 3.72. The van der Waals surface area contributed by atoms with E-state index >= 15 is 0 Å². The summed E-state index contributed by atoms with van der Waals surface area (Å²) in [6, 6.07) is 7.38. The minimum Gasteiger partial charge on any atom is -0.314 e. The van der Waals surface area contributed by atoms with Gasteiger partial charge in [0, 0.05) is 6.04 Å². The van der Waals surface area contributed by atoms with Crippen molar-refractivity contribution in [1.82, 2.24) is 5.32 Å². The highest BCUT2D eigenvalue weighted by atomic mass is 14.9. The van der Waals surface area contributed by atoms with Gasteiger partial charge in [0.25, 0.3) is 0 Å². The molecule has 0 spiro atoms. The van der Waals surface area contributed by atoms with E-state index in [4.69, 9.17) is 0 Å². The maximum Gasteiger partial charge on any atom is 0.0113 e. The molecule has 0 aliphatic heterocycles. The Morgan fingerprint density at radius 1 is 1.16 bits per heavy atom. The third-order valence-electron chi connectivity index (χ3n) is 3.51. The molecule has 1 atom stereocenters. The van der Waals surface area contributed by atoms with Crippen LogP contribution in [0.5, 0.6) is 0 Å². The summed E-state index contributed by atoms with van der Waals surface area (Å²) in [5.74, 6) is 0. The minimum absolute atomic E-state index is 0.378. The van der Waals surface area contributed by atoms with Crippen molar-refractivity contribution in [2.24, 2.45) is 5.41 Å². The molecule has 0 aliphatic carbocycles. The molecule has 1 aromatic rings. The SMILES string of the molecule is CCCNC(Cc1cc(C)ccc1C)CC(C)(C)C. The van der Waals surface area contributed by atoms with E-state index in [1.807, 2.05) is 0 Å². The van der Waals surface area contributed by atoms with Crippen LogP contribution in [-0.2, 0) is 6.42 Å². The molecule has 1 heteroatoms. The average molecular weight is 261 g/mol. The highest BCUT2D eigenvalue weighted by Crippen LogP contribution is 2.23. The molecule has 0 aliphatic rings. The molecule has 0 bridgehead atoms. The lowest BCUT2D eigenvalue weighted by molar-refractivity contribution is 0.306. The van der Waals surface area contributed by atoms with Crippen LogP contribution in [0.15, 0.2) is 18.2 Å². The van der Waals surface area contributed by atoms with Crippen molar-refractivity contribution in [2.75, 3.05) is 6.54 Å². The molecule has 0 saturated heterocycles. The van der Waals surface area contributed by atoms with Crippen molar-refractivity contribution in [3.8, 4) is 0 Å². The van der Waals surface area contributed by atoms with Crippen LogP contribution >= 0.6 is 0 Å². The van der Waals surface area contributed by atoms with Crippen LogP contribution in [-0.4, -0.2) is 12.6 Å². The second kappa shape index (κ2) is 7.09. The zero-order valence-electron chi connectivity index (χ0n) is 13.6. The Balaban J connectivity index is 2.78. The molecular formula is C18H31N. The first-order valence-corrected chi connectivity index (χ1v) is 7.61. The van der Waals surface area contributed by atoms with Crippen molar-refractivity contribution in [3.05, 3.63) is 34.9 Å². The van der Waals surface area contributed by atoms with Gasteiger partial charge in [0.1, 0.15) is 0 Å². The molecule has 0 fully saturated rings. The predicted molar refractivity (Wildman–Crippen MR) is 85.8 cm³/mol. The van der Waals surface area contributed by atoms with E-state index in [2.05, 4.69) is 65.1 Å². The van der Waals surface area contributed by atoms with E-state index in [1.54, 1.807) is 0 Å². The van der Waals surface area contributed by atoms with Gasteiger partial charge in [0.15, 0.2) is 0 Å². The summed E-state index contributed by atoms with van der Waals surface area (Å²) in [5, 5.41) is 3.72. The maximum absolute atomic E-state index is 3.72. The summed E-state index contributed by atoms with van der Waals surface area (Å²) >= 11 is 0. The fourth-order valence-corrected chi connectivity index (χ4v) is 2.59. The second-order valence-electron chi connectivity index (χ2n) is 7.05. The first-order valence-electron chi connectivity index (χ1n) is 7.61. The van der Waals surface area contributed by atoms with E-state index in [0.29, 0.717) is 11.5 Å². The van der Waals surface area contributed by atoms with Gasteiger partial charge in [0.05, 0.1) is 0 Å². The van der Waals surface area contributed by atoms with Crippen molar-refractivity contribution >= 4 is 0 Å². The first kappa shape index (κ1) is 16.2. The van der Waals surface area contributed by atoms with E-state index < -0.39 is 0 Å². The number of hydrogen-bond acceptors (Lipinski definition) is 1. The quantitative estimate of drug-likeness (QED) is 0.786. The minimum atomic E-state index is 0.378. The summed E-state index contributed by atoms with van der Waals surface area (Å²) in [4.78, 5) is 0. The van der Waals surface area contributed by atoms with Crippen molar-refractivity contribution < 1.29 is 0 Å². The molecule has 0 saturated carbocycles. The number of rotatable bonds is 6. The van der Waals surface area contributed by atoms with Gasteiger partial charge in [-0.25, -0.2) is 0 Å². The number of benzene rings is 1. The van der Waals surface area contributed by atoms with Crippen molar-refractivity contribution in [3.63, 3.8) is 0 Å². The van der Waals surface area contributed by atoms with Crippen LogP contribution in [0, 0.1) is 19.3 Å². The van der Waals surface area contributed by atoms with E-state index in [1.165, 1.54) is 29.5 Å². The number of nitrogens with one attached hydrogen (secondary N) is 1. The van der Waals surface area contributed by atoms with E-state index in [-0.39, 0.29) is 0 Å². The third-order valence-corrected chi connectivity index (χ3v) is 3.51. The van der Waals surface area contributed by atoms with Gasteiger partial charge >= 0.3 is 0 Å². The first-order chi connectivity index (χ1) is 8.81. The molecule has 0 amide bonds. The predicted octanol–water partition coefficient (Wildman–Crippen LogP) is 4.65. The normalized spacial score (nSPS) is 13.6. The standard InChI is InChI=1S/C18H31N/c1-7-10-19-17(13-18(4,5)6)12-16-11-14(2)8-9-15(16)3/h8-9,11,17,19H,7,10,12-13H2,1-6H3. The summed E-state index contributed by atoms with van der Waals surface area (Å²) in [7, 11) is 0. The van der Waals surface area contributed by atoms with Crippen LogP contribution in [0.3, 0.4) is 0 Å². The zero-order chi connectivity index (χ0) is 14.5. The molecule has 1 nitrogen and oxygen atoms in total. The molecule has 0 aromatic heterocycles. The van der Waals surface area contributed by atoms with E-state index in [9.17, 15) is 0 Å². The Morgan fingerprint density at radius 3 is 2.42 bits per heavy atom. The van der Waals surface area contributed by atoms with Crippen LogP contribution < -0.4 is 5.32 Å². The second-order valence-corrected chi connectivity index (χ2v) is 7.05. The smallest absolute Gasteiger partial charge is 0.0113 e. The Kier molecular flexibility index (Phi) is 6.06. The summed E-state index contributed by atoms with van der Waals surface area (Å²) in [6.45, 7) is 14.7. The van der Waals surface area contributed by atoms with Crippen LogP contribution in [0.1, 0.15) is 57.2 Å². The summed E-state index contributed by atoms with van der Waals surface area (Å²) in [6.07, 6.45) is 3.57. The van der Waals surface area contributed by atoms with E-state index in [0.717, 1.165) is 13.0 Å². The van der Waals surface area contributed by atoms with Crippen molar-refractivity contribution in [1.29, 1.82) is 0 Å². The number of hydrogen-bond donors (Lipinski definition) is 1. The fraction of sp³-hybridized carbons (Fsp3) is 0.667. The lowest BCUT2D eigenvalue weighted by Crippen LogP contribution is -2.35. The van der Waals surface area contributed by atoms with Gasteiger partial charge in [-0.3, -0.25) is 0 Å². The Hall–Kier alpha value is -0.820. The molecule has 1 aromatic carbocycles. The number of aryl methyl sites for hydroxylation is 2. The lowest BCUT2D eigenvalue weighted by atomic mass is 9.85. The molecule has 0 heterocycles. The summed E-state index contributed by atoms with van der Waals surface area (Å²) in [5.41, 5.74) is 4.66. The van der Waals surface area contributed by atoms with Gasteiger partial charge in [-0.05, 0) is 56.2 Å². The average Bonchev–Trinajstić information content (AvgIpc) is 2.29. The van der Waals surface area contributed by atoms with Crippen LogP contribution in [0.4, 0.5) is 0 Å². The molecule has 1 rings (SSSR count). The molecule has 0 radical (unpaired) electrons. The Morgan fingerprint density at radius 2 is 1.84 bits per heavy atom. The molecule has 108 valence electrons. The zero-order valence-corrected chi connectivity index (χ0v) is 13.6. The lowest BCUT2D eigenvalue weighted by Gasteiger charge is -2.27. The fourth-order valence-electron chi connectivity index (χ4n) is 2.59. The Bertz CT molecular complexity index is 387. The van der Waals surface area contributed by atoms with Crippen molar-refractivity contribution in [2.45, 2.75) is 66.8 Å². The molecular weight excluding hydrogens is 230 g/mol. The summed E-state index contributed by atoms with van der Waals surface area (Å²) < 4.78 is 0. The van der Waals surface area contributed by atoms with Crippen LogP contribution in [0.25, 0.3) is 0 Å². The van der Waals surface area contributed by atoms with Gasteiger partial charge in [-0.2, -0.15) is 0 Å². The molecule has 1 N–H and O–H groups in total. The molecule has 19 heavy (non-hydrogen) atoms. The monoisotopic (exact) mass is 261 g/mol. The molecule has 1 unspecified atom stereocenters. The third kappa shape index (κ3) is 6.24. The Labute approximate surface area is 119 Å². The highest BCUT2D eigenvalue weighted by Gasteiger charge is 2.19. The van der Waals surface area contributed by atoms with Gasteiger partial charge < -0.3 is 5.32 Å². The van der Waals surface area contributed by atoms with Gasteiger partial charge in [-0.15, -0.1) is 0 Å². The van der Waals surface area contributed by atoms with Crippen LogP contribution in [0.2, 0.25) is 0 Å². The topological polar surface area (TPSA) is 12.0 Å². The highest BCUT2D eigenvalue weighted by molar-refractivity contribution is 5.31. The van der Waals surface area contributed by atoms with Gasteiger partial charge in [0.2, 0.25) is 0 Å². The largest absolute Gasteiger partial charge is 0.314 e.